The first-order chi connectivity index (χ1) is 15.3. The zero-order valence-corrected chi connectivity index (χ0v) is 18.3. The summed E-state index contributed by atoms with van der Waals surface area (Å²) in [5.74, 6) is -1.36. The Bertz CT molecular complexity index is 986. The van der Waals surface area contributed by atoms with Crippen molar-refractivity contribution in [3.63, 3.8) is 0 Å². The lowest BCUT2D eigenvalue weighted by atomic mass is 10.1. The highest BCUT2D eigenvalue weighted by Crippen LogP contribution is 2.28. The van der Waals surface area contributed by atoms with Crippen molar-refractivity contribution in [1.82, 2.24) is 0 Å². The number of aryl methyl sites for hydroxylation is 2. The van der Waals surface area contributed by atoms with Gasteiger partial charge < -0.3 is 24.1 Å². The second-order valence-electron chi connectivity index (χ2n) is 6.92. The van der Waals surface area contributed by atoms with Gasteiger partial charge in [0.05, 0.1) is 25.9 Å². The van der Waals surface area contributed by atoms with Gasteiger partial charge in [-0.05, 0) is 68.1 Å². The lowest BCUT2D eigenvalue weighted by Gasteiger charge is -2.13. The molecule has 2 aromatic rings. The average molecular weight is 442 g/mol. The number of esters is 3. The highest BCUT2D eigenvalue weighted by atomic mass is 16.6. The van der Waals surface area contributed by atoms with E-state index < -0.39 is 17.9 Å². The van der Waals surface area contributed by atoms with Gasteiger partial charge in [-0.1, -0.05) is 6.58 Å². The Morgan fingerprint density at radius 2 is 1.59 bits per heavy atom. The van der Waals surface area contributed by atoms with Gasteiger partial charge in [0.2, 0.25) is 0 Å². The largest absolute Gasteiger partial charge is 0.507 e. The molecule has 0 unspecified atom stereocenters. The van der Waals surface area contributed by atoms with Crippen LogP contribution < -0.4 is 9.47 Å². The quantitative estimate of drug-likeness (QED) is 0.255. The summed E-state index contributed by atoms with van der Waals surface area (Å²) in [5.41, 5.74) is 1.33. The maximum absolute atomic E-state index is 12.6. The smallest absolute Gasteiger partial charge is 0.343 e. The third-order valence-electron chi connectivity index (χ3n) is 4.52. The van der Waals surface area contributed by atoms with Gasteiger partial charge >= 0.3 is 17.9 Å². The van der Waals surface area contributed by atoms with Crippen LogP contribution in [0.1, 0.15) is 44.7 Å². The molecule has 170 valence electrons. The molecule has 0 atom stereocenters. The molecule has 2 aromatic carbocycles. The maximum Gasteiger partial charge on any atom is 0.343 e. The van der Waals surface area contributed by atoms with E-state index >= 15 is 0 Å². The van der Waals surface area contributed by atoms with E-state index in [1.54, 1.807) is 19.9 Å². The monoisotopic (exact) mass is 442 g/mol. The molecule has 0 aliphatic carbocycles. The zero-order valence-electron chi connectivity index (χ0n) is 18.3. The zero-order chi connectivity index (χ0) is 23.7. The van der Waals surface area contributed by atoms with Gasteiger partial charge in [0, 0.05) is 6.08 Å². The van der Waals surface area contributed by atoms with E-state index in [9.17, 15) is 19.5 Å². The van der Waals surface area contributed by atoms with E-state index in [2.05, 4.69) is 6.58 Å². The van der Waals surface area contributed by atoms with Gasteiger partial charge in [0.15, 0.2) is 0 Å². The first-order valence-electron chi connectivity index (χ1n) is 9.93. The van der Waals surface area contributed by atoms with Crippen LogP contribution in [0.2, 0.25) is 0 Å². The number of unbranched alkanes of at least 4 members (excludes halogenated alkanes) is 1. The summed E-state index contributed by atoms with van der Waals surface area (Å²) in [6.07, 6.45) is 2.06. The predicted molar refractivity (Wildman–Crippen MR) is 116 cm³/mol. The second-order valence-corrected chi connectivity index (χ2v) is 6.92. The van der Waals surface area contributed by atoms with Gasteiger partial charge in [-0.15, -0.1) is 0 Å². The molecule has 0 fully saturated rings. The van der Waals surface area contributed by atoms with Crippen molar-refractivity contribution in [2.45, 2.75) is 26.7 Å². The van der Waals surface area contributed by atoms with Crippen molar-refractivity contribution in [2.75, 3.05) is 20.3 Å². The van der Waals surface area contributed by atoms with Crippen LogP contribution in [0.15, 0.2) is 43.0 Å². The first-order valence-corrected chi connectivity index (χ1v) is 9.93. The minimum Gasteiger partial charge on any atom is -0.507 e. The number of aromatic hydroxyl groups is 1. The number of methoxy groups -OCH3 is 1. The normalized spacial score (nSPS) is 10.2. The highest BCUT2D eigenvalue weighted by molar-refractivity contribution is 5.97. The van der Waals surface area contributed by atoms with Gasteiger partial charge in [0.1, 0.15) is 22.8 Å². The lowest BCUT2D eigenvalue weighted by molar-refractivity contribution is -0.137. The number of hydrogen-bond acceptors (Lipinski definition) is 8. The van der Waals surface area contributed by atoms with E-state index in [1.165, 1.54) is 31.4 Å². The van der Waals surface area contributed by atoms with Gasteiger partial charge in [-0.3, -0.25) is 0 Å². The summed E-state index contributed by atoms with van der Waals surface area (Å²) in [7, 11) is 1.45. The van der Waals surface area contributed by atoms with Gasteiger partial charge in [0.25, 0.3) is 0 Å². The van der Waals surface area contributed by atoms with Crippen LogP contribution in [-0.2, 0) is 14.3 Å². The van der Waals surface area contributed by atoms with Crippen LogP contribution in [0, 0.1) is 13.8 Å². The molecule has 0 aliphatic heterocycles. The van der Waals surface area contributed by atoms with E-state index in [1.807, 2.05) is 0 Å². The topological polar surface area (TPSA) is 108 Å². The van der Waals surface area contributed by atoms with Crippen molar-refractivity contribution in [2.24, 2.45) is 0 Å². The van der Waals surface area contributed by atoms with Crippen LogP contribution in [-0.4, -0.2) is 43.3 Å². The molecule has 8 heteroatoms. The molecule has 0 bridgehead atoms. The van der Waals surface area contributed by atoms with E-state index in [0.29, 0.717) is 29.7 Å². The van der Waals surface area contributed by atoms with Crippen LogP contribution in [0.25, 0.3) is 0 Å². The van der Waals surface area contributed by atoms with Crippen molar-refractivity contribution in [1.29, 1.82) is 0 Å². The average Bonchev–Trinajstić information content (AvgIpc) is 2.79. The van der Waals surface area contributed by atoms with Gasteiger partial charge in [-0.2, -0.15) is 0 Å². The van der Waals surface area contributed by atoms with Crippen molar-refractivity contribution >= 4 is 17.9 Å². The number of rotatable bonds is 10. The minimum atomic E-state index is -0.687. The molecule has 8 nitrogen and oxygen atoms in total. The fraction of sp³-hybridized carbons (Fsp3) is 0.292. The summed E-state index contributed by atoms with van der Waals surface area (Å²) in [6, 6.07) is 7.43. The standard InChI is InChI=1S/C24H26O8/c1-5-21(25)30-10-6-7-11-31-24(28)19-14-18(29-4)8-9-20(19)32-23(27)17-12-15(2)22(26)16(3)13-17/h5,8-9,12-14,26H,1,6-7,10-11H2,2-4H3. The van der Waals surface area contributed by atoms with Crippen LogP contribution in [0.3, 0.4) is 0 Å². The summed E-state index contributed by atoms with van der Waals surface area (Å²) < 4.78 is 20.7. The number of benzene rings is 2. The summed E-state index contributed by atoms with van der Waals surface area (Å²) in [6.45, 7) is 6.93. The van der Waals surface area contributed by atoms with Crippen molar-refractivity contribution in [3.05, 3.63) is 65.2 Å². The second kappa shape index (κ2) is 11.5. The Labute approximate surface area is 186 Å². The predicted octanol–water partition coefficient (Wildman–Crippen LogP) is 3.90. The number of carbonyl (C=O) groups is 3. The van der Waals surface area contributed by atoms with Crippen molar-refractivity contribution < 1.29 is 38.4 Å². The van der Waals surface area contributed by atoms with Crippen LogP contribution in [0.4, 0.5) is 0 Å². The third kappa shape index (κ3) is 6.60. The molecular weight excluding hydrogens is 416 g/mol. The molecule has 0 aromatic heterocycles. The summed E-state index contributed by atoms with van der Waals surface area (Å²) in [5, 5.41) is 9.90. The Balaban J connectivity index is 2.07. The van der Waals surface area contributed by atoms with Crippen LogP contribution >= 0.6 is 0 Å². The minimum absolute atomic E-state index is 0.0177. The molecule has 2 rings (SSSR count). The molecule has 0 spiro atoms. The van der Waals surface area contributed by atoms with Crippen LogP contribution in [0.5, 0.6) is 17.2 Å². The molecule has 0 aliphatic rings. The Kier molecular flexibility index (Phi) is 8.83. The van der Waals surface area contributed by atoms with Gasteiger partial charge in [-0.25, -0.2) is 14.4 Å². The van der Waals surface area contributed by atoms with Crippen molar-refractivity contribution in [3.8, 4) is 17.2 Å². The fourth-order valence-corrected chi connectivity index (χ4v) is 2.80. The molecule has 32 heavy (non-hydrogen) atoms. The number of phenolic OH excluding ortho intramolecular Hbond substituents is 1. The Morgan fingerprint density at radius 1 is 0.969 bits per heavy atom. The number of ether oxygens (including phenoxy) is 4. The molecule has 0 radical (unpaired) electrons. The summed E-state index contributed by atoms with van der Waals surface area (Å²) in [4.78, 5) is 36.2. The third-order valence-corrected chi connectivity index (χ3v) is 4.52. The SMILES string of the molecule is C=CC(=O)OCCCCOC(=O)c1cc(OC)ccc1OC(=O)c1cc(C)c(O)c(C)c1. The fourth-order valence-electron chi connectivity index (χ4n) is 2.80. The van der Waals surface area contributed by atoms with E-state index in [-0.39, 0.29) is 35.8 Å². The molecule has 0 saturated heterocycles. The molecule has 0 amide bonds. The number of hydrogen-bond donors (Lipinski definition) is 1. The number of carbonyl (C=O) groups excluding carboxylic acids is 3. The first kappa shape index (κ1) is 24.5. The molecule has 0 saturated carbocycles. The summed E-state index contributed by atoms with van der Waals surface area (Å²) >= 11 is 0. The van der Waals surface area contributed by atoms with E-state index in [0.717, 1.165) is 6.08 Å². The highest BCUT2D eigenvalue weighted by Gasteiger charge is 2.20. The molecule has 1 N–H and O–H groups in total. The Morgan fingerprint density at radius 3 is 2.19 bits per heavy atom. The number of phenols is 1. The Hall–Kier alpha value is -3.81. The molecule has 0 heterocycles. The lowest BCUT2D eigenvalue weighted by Crippen LogP contribution is -2.14. The molecular formula is C24H26O8. The maximum atomic E-state index is 12.6. The van der Waals surface area contributed by atoms with E-state index in [4.69, 9.17) is 18.9 Å².